The van der Waals surface area contributed by atoms with Crippen molar-refractivity contribution in [1.29, 1.82) is 0 Å². The normalized spacial score (nSPS) is 14.4. The molecule has 0 saturated carbocycles. The average Bonchev–Trinajstić information content (AvgIpc) is 2.54. The highest BCUT2D eigenvalue weighted by atomic mass is 16.2. The minimum absolute atomic E-state index is 0.305. The number of rotatable bonds is 4. The molecular formula is C16H20N4O2. The first kappa shape index (κ1) is 14.6. The smallest absolute Gasteiger partial charge is 0.334 e. The molecule has 0 radical (unpaired) electrons. The van der Waals surface area contributed by atoms with Crippen molar-refractivity contribution < 1.29 is 0 Å². The molecule has 0 fully saturated rings. The predicted octanol–water partition coefficient (Wildman–Crippen LogP) is 1.51. The number of para-hydroxylation sites is 1. The number of nitrogens with one attached hydrogen (secondary N) is 2. The Morgan fingerprint density at radius 1 is 1.18 bits per heavy atom. The number of unbranched alkanes of at least 4 members (excludes halogenated alkanes) is 1. The third-order valence-corrected chi connectivity index (χ3v) is 3.90. The summed E-state index contributed by atoms with van der Waals surface area (Å²) >= 11 is 0. The van der Waals surface area contributed by atoms with E-state index in [2.05, 4.69) is 22.1 Å². The molecule has 0 atom stereocenters. The molecule has 1 aromatic heterocycles. The lowest BCUT2D eigenvalue weighted by molar-refractivity contribution is 0.268. The molecule has 0 unspecified atom stereocenters. The monoisotopic (exact) mass is 300 g/mol. The first-order chi connectivity index (χ1) is 10.7. The summed E-state index contributed by atoms with van der Waals surface area (Å²) < 4.78 is 1.54. The Morgan fingerprint density at radius 2 is 1.95 bits per heavy atom. The number of fused-ring (bicyclic) bond motifs is 1. The van der Waals surface area contributed by atoms with Crippen LogP contribution in [-0.2, 0) is 6.54 Å². The van der Waals surface area contributed by atoms with E-state index in [0.29, 0.717) is 24.6 Å². The van der Waals surface area contributed by atoms with Gasteiger partial charge in [0.2, 0.25) is 0 Å². The quantitative estimate of drug-likeness (QED) is 0.898. The Labute approximate surface area is 128 Å². The van der Waals surface area contributed by atoms with Crippen LogP contribution < -0.4 is 16.6 Å². The summed E-state index contributed by atoms with van der Waals surface area (Å²) in [5.41, 5.74) is 0.644. The van der Waals surface area contributed by atoms with E-state index in [4.69, 9.17) is 0 Å². The lowest BCUT2D eigenvalue weighted by Crippen LogP contribution is -2.43. The van der Waals surface area contributed by atoms with Gasteiger partial charge in [0.25, 0.3) is 5.56 Å². The van der Waals surface area contributed by atoms with Gasteiger partial charge < -0.3 is 5.32 Å². The number of hydrogen-bond acceptors (Lipinski definition) is 4. The van der Waals surface area contributed by atoms with Gasteiger partial charge in [0.15, 0.2) is 0 Å². The van der Waals surface area contributed by atoms with Crippen molar-refractivity contribution in [2.24, 2.45) is 0 Å². The summed E-state index contributed by atoms with van der Waals surface area (Å²) in [4.78, 5) is 29.0. The largest absolute Gasteiger partial charge is 0.358 e. The van der Waals surface area contributed by atoms with Crippen LogP contribution in [0.4, 0.5) is 5.82 Å². The Kier molecular flexibility index (Phi) is 4.11. The van der Waals surface area contributed by atoms with Gasteiger partial charge in [-0.15, -0.1) is 0 Å². The van der Waals surface area contributed by atoms with Crippen molar-refractivity contribution in [3.05, 3.63) is 56.7 Å². The van der Waals surface area contributed by atoms with Gasteiger partial charge >= 0.3 is 5.69 Å². The first-order valence-electron chi connectivity index (χ1n) is 7.60. The van der Waals surface area contributed by atoms with E-state index in [1.54, 1.807) is 0 Å². The lowest BCUT2D eigenvalue weighted by Gasteiger charge is -2.30. The molecule has 0 aliphatic carbocycles. The van der Waals surface area contributed by atoms with E-state index < -0.39 is 5.69 Å². The fourth-order valence-corrected chi connectivity index (χ4v) is 2.73. The van der Waals surface area contributed by atoms with E-state index >= 15 is 0 Å². The lowest BCUT2D eigenvalue weighted by atomic mass is 10.2. The molecule has 0 saturated heterocycles. The number of anilines is 1. The number of aromatic amines is 1. The SMILES string of the molecule is CCCCN1CNc2c(c(=O)[nH]c(=O)n2-c2ccccc2)C1. The zero-order valence-corrected chi connectivity index (χ0v) is 12.6. The minimum atomic E-state index is -0.413. The molecule has 1 aromatic carbocycles. The van der Waals surface area contributed by atoms with E-state index in [0.717, 1.165) is 25.1 Å². The number of benzene rings is 1. The Balaban J connectivity index is 2.05. The van der Waals surface area contributed by atoms with Crippen molar-refractivity contribution in [2.45, 2.75) is 26.3 Å². The molecule has 2 heterocycles. The maximum Gasteiger partial charge on any atom is 0.334 e. The van der Waals surface area contributed by atoms with Crippen LogP contribution >= 0.6 is 0 Å². The van der Waals surface area contributed by atoms with Gasteiger partial charge in [-0.25, -0.2) is 9.36 Å². The van der Waals surface area contributed by atoms with Crippen LogP contribution in [0.15, 0.2) is 39.9 Å². The second-order valence-corrected chi connectivity index (χ2v) is 5.50. The second kappa shape index (κ2) is 6.19. The van der Waals surface area contributed by atoms with Crippen LogP contribution in [0.2, 0.25) is 0 Å². The molecule has 1 aliphatic heterocycles. The zero-order chi connectivity index (χ0) is 15.5. The van der Waals surface area contributed by atoms with Gasteiger partial charge in [-0.05, 0) is 18.6 Å². The summed E-state index contributed by atoms with van der Waals surface area (Å²) in [5.74, 6) is 0.604. The highest BCUT2D eigenvalue weighted by Crippen LogP contribution is 2.20. The molecule has 2 N–H and O–H groups in total. The summed E-state index contributed by atoms with van der Waals surface area (Å²) in [6.07, 6.45) is 2.20. The summed E-state index contributed by atoms with van der Waals surface area (Å²) in [6.45, 7) is 4.28. The molecule has 116 valence electrons. The summed E-state index contributed by atoms with van der Waals surface area (Å²) in [5, 5.41) is 3.24. The highest BCUT2D eigenvalue weighted by molar-refractivity contribution is 5.51. The van der Waals surface area contributed by atoms with Gasteiger partial charge in [0, 0.05) is 13.1 Å². The van der Waals surface area contributed by atoms with Crippen molar-refractivity contribution in [2.75, 3.05) is 18.5 Å². The molecule has 22 heavy (non-hydrogen) atoms. The van der Waals surface area contributed by atoms with Crippen LogP contribution in [0.25, 0.3) is 5.69 Å². The Bertz CT molecular complexity index is 764. The molecule has 2 aromatic rings. The van der Waals surface area contributed by atoms with Gasteiger partial charge in [0.05, 0.1) is 17.9 Å². The van der Waals surface area contributed by atoms with Crippen LogP contribution in [-0.4, -0.2) is 27.7 Å². The van der Waals surface area contributed by atoms with Gasteiger partial charge in [0.1, 0.15) is 5.82 Å². The zero-order valence-electron chi connectivity index (χ0n) is 12.6. The molecule has 0 bridgehead atoms. The fourth-order valence-electron chi connectivity index (χ4n) is 2.73. The van der Waals surface area contributed by atoms with Crippen LogP contribution in [0.1, 0.15) is 25.3 Å². The molecule has 6 nitrogen and oxygen atoms in total. The molecule has 3 rings (SSSR count). The highest BCUT2D eigenvalue weighted by Gasteiger charge is 2.22. The standard InChI is InChI=1S/C16H20N4O2/c1-2-3-9-19-10-13-14(17-11-19)20(16(22)18-15(13)21)12-7-5-4-6-8-12/h4-8,17H,2-3,9-11H2,1H3,(H,18,21,22). The van der Waals surface area contributed by atoms with Crippen molar-refractivity contribution in [3.8, 4) is 5.69 Å². The van der Waals surface area contributed by atoms with Crippen molar-refractivity contribution in [1.82, 2.24) is 14.5 Å². The maximum absolute atomic E-state index is 12.2. The van der Waals surface area contributed by atoms with Gasteiger partial charge in [-0.3, -0.25) is 14.7 Å². The van der Waals surface area contributed by atoms with E-state index in [1.165, 1.54) is 4.57 Å². The molecule has 1 aliphatic rings. The van der Waals surface area contributed by atoms with E-state index in [-0.39, 0.29) is 5.56 Å². The predicted molar refractivity (Wildman–Crippen MR) is 86.5 cm³/mol. The van der Waals surface area contributed by atoms with Crippen LogP contribution in [0, 0.1) is 0 Å². The Morgan fingerprint density at radius 3 is 2.68 bits per heavy atom. The number of nitrogens with zero attached hydrogens (tertiary/aromatic N) is 2. The van der Waals surface area contributed by atoms with Crippen LogP contribution in [0.5, 0.6) is 0 Å². The molecule has 0 amide bonds. The third-order valence-electron chi connectivity index (χ3n) is 3.90. The van der Waals surface area contributed by atoms with Gasteiger partial charge in [-0.2, -0.15) is 0 Å². The Hall–Kier alpha value is -2.34. The summed E-state index contributed by atoms with van der Waals surface area (Å²) in [6, 6.07) is 9.34. The van der Waals surface area contributed by atoms with E-state index in [9.17, 15) is 9.59 Å². The second-order valence-electron chi connectivity index (χ2n) is 5.50. The van der Waals surface area contributed by atoms with Gasteiger partial charge in [-0.1, -0.05) is 31.5 Å². The average molecular weight is 300 g/mol. The third kappa shape index (κ3) is 2.69. The van der Waals surface area contributed by atoms with Crippen molar-refractivity contribution in [3.63, 3.8) is 0 Å². The fraction of sp³-hybridized carbons (Fsp3) is 0.375. The maximum atomic E-state index is 12.2. The number of hydrogen-bond donors (Lipinski definition) is 2. The van der Waals surface area contributed by atoms with Crippen LogP contribution in [0.3, 0.4) is 0 Å². The topological polar surface area (TPSA) is 70.1 Å². The minimum Gasteiger partial charge on any atom is -0.358 e. The number of H-pyrrole nitrogens is 1. The summed E-state index contributed by atoms with van der Waals surface area (Å²) in [7, 11) is 0. The van der Waals surface area contributed by atoms with Crippen molar-refractivity contribution >= 4 is 5.82 Å². The molecule has 6 heteroatoms. The number of aromatic nitrogens is 2. The molecular weight excluding hydrogens is 280 g/mol. The van der Waals surface area contributed by atoms with E-state index in [1.807, 2.05) is 30.3 Å². The first-order valence-corrected chi connectivity index (χ1v) is 7.60. The molecule has 0 spiro atoms.